The monoisotopic (exact) mass is 445 g/mol. The van der Waals surface area contributed by atoms with Gasteiger partial charge in [0.05, 0.1) is 11.9 Å². The number of amides is 2. The molecule has 0 aromatic heterocycles. The van der Waals surface area contributed by atoms with Crippen LogP contribution in [0.15, 0.2) is 54.6 Å². The quantitative estimate of drug-likeness (QED) is 0.643. The summed E-state index contributed by atoms with van der Waals surface area (Å²) in [5, 5.41) is 2.82. The van der Waals surface area contributed by atoms with Crippen molar-refractivity contribution in [3.05, 3.63) is 65.7 Å². The third kappa shape index (κ3) is 7.10. The largest absolute Gasteiger partial charge is 0.352 e. The number of nitrogens with one attached hydrogen (secondary N) is 1. The molecule has 1 atom stereocenters. The summed E-state index contributed by atoms with van der Waals surface area (Å²) in [6.07, 6.45) is 1.07. The van der Waals surface area contributed by atoms with Crippen LogP contribution in [0, 0.1) is 6.92 Å². The molecule has 2 amide bonds. The summed E-state index contributed by atoms with van der Waals surface area (Å²) >= 11 is 0. The predicted molar refractivity (Wildman–Crippen MR) is 123 cm³/mol. The second kappa shape index (κ2) is 10.4. The molecule has 0 saturated heterocycles. The Morgan fingerprint density at radius 3 is 2.19 bits per heavy atom. The van der Waals surface area contributed by atoms with E-state index >= 15 is 0 Å². The number of hydrogen-bond donors (Lipinski definition) is 1. The van der Waals surface area contributed by atoms with Gasteiger partial charge in [0.2, 0.25) is 21.8 Å². The van der Waals surface area contributed by atoms with Crippen LogP contribution in [0.5, 0.6) is 0 Å². The third-order valence-corrected chi connectivity index (χ3v) is 5.90. The SMILES string of the molecule is Cc1cccc(N(CC(=O)N(Cc2ccccc2)C(C)C(=O)NC(C)C)S(C)(=O)=O)c1. The molecule has 1 unspecified atom stereocenters. The Hall–Kier alpha value is -2.87. The van der Waals surface area contributed by atoms with E-state index in [9.17, 15) is 18.0 Å². The van der Waals surface area contributed by atoms with Crippen molar-refractivity contribution in [2.24, 2.45) is 0 Å². The average Bonchev–Trinajstić information content (AvgIpc) is 2.69. The number of hydrogen-bond acceptors (Lipinski definition) is 4. The third-order valence-electron chi connectivity index (χ3n) is 4.76. The van der Waals surface area contributed by atoms with Crippen LogP contribution in [0.4, 0.5) is 5.69 Å². The van der Waals surface area contributed by atoms with Gasteiger partial charge in [0.25, 0.3) is 0 Å². The first kappa shape index (κ1) is 24.4. The van der Waals surface area contributed by atoms with Crippen LogP contribution in [0.3, 0.4) is 0 Å². The van der Waals surface area contributed by atoms with E-state index in [2.05, 4.69) is 5.32 Å². The molecular formula is C23H31N3O4S. The first-order valence-corrected chi connectivity index (χ1v) is 12.0. The Bertz CT molecular complexity index is 1010. The second-order valence-electron chi connectivity index (χ2n) is 7.96. The first-order valence-electron chi connectivity index (χ1n) is 10.2. The van der Waals surface area contributed by atoms with Crippen LogP contribution in [0.25, 0.3) is 0 Å². The molecule has 0 aliphatic heterocycles. The van der Waals surface area contributed by atoms with Gasteiger partial charge in [0.1, 0.15) is 12.6 Å². The minimum absolute atomic E-state index is 0.0801. The zero-order chi connectivity index (χ0) is 23.2. The van der Waals surface area contributed by atoms with Crippen molar-refractivity contribution < 1.29 is 18.0 Å². The Morgan fingerprint density at radius 2 is 1.65 bits per heavy atom. The second-order valence-corrected chi connectivity index (χ2v) is 9.86. The van der Waals surface area contributed by atoms with E-state index < -0.39 is 28.5 Å². The molecule has 2 aromatic rings. The summed E-state index contributed by atoms with van der Waals surface area (Å²) in [5.74, 6) is -0.747. The number of benzene rings is 2. The maximum absolute atomic E-state index is 13.3. The molecule has 8 heteroatoms. The fourth-order valence-electron chi connectivity index (χ4n) is 3.16. The van der Waals surface area contributed by atoms with Crippen LogP contribution < -0.4 is 9.62 Å². The van der Waals surface area contributed by atoms with E-state index in [0.29, 0.717) is 5.69 Å². The molecule has 0 aliphatic rings. The number of carbonyl (C=O) groups is 2. The van der Waals surface area contributed by atoms with E-state index in [4.69, 9.17) is 0 Å². The predicted octanol–water partition coefficient (Wildman–Crippen LogP) is 2.70. The molecule has 0 spiro atoms. The molecule has 0 radical (unpaired) electrons. The zero-order valence-electron chi connectivity index (χ0n) is 18.7. The highest BCUT2D eigenvalue weighted by Crippen LogP contribution is 2.20. The lowest BCUT2D eigenvalue weighted by Gasteiger charge is -2.32. The highest BCUT2D eigenvalue weighted by Gasteiger charge is 2.30. The van der Waals surface area contributed by atoms with Crippen molar-refractivity contribution in [2.75, 3.05) is 17.1 Å². The summed E-state index contributed by atoms with van der Waals surface area (Å²) in [6, 6.07) is 15.4. The summed E-state index contributed by atoms with van der Waals surface area (Å²) in [5.41, 5.74) is 2.14. The van der Waals surface area contributed by atoms with Crippen LogP contribution in [0.2, 0.25) is 0 Å². The van der Waals surface area contributed by atoms with Crippen molar-refractivity contribution in [2.45, 2.75) is 46.3 Å². The van der Waals surface area contributed by atoms with Gasteiger partial charge in [0.15, 0.2) is 0 Å². The number of anilines is 1. The summed E-state index contributed by atoms with van der Waals surface area (Å²) in [7, 11) is -3.72. The summed E-state index contributed by atoms with van der Waals surface area (Å²) < 4.78 is 26.0. The van der Waals surface area contributed by atoms with Crippen molar-refractivity contribution in [1.82, 2.24) is 10.2 Å². The van der Waals surface area contributed by atoms with Gasteiger partial charge in [-0.1, -0.05) is 42.5 Å². The molecular weight excluding hydrogens is 414 g/mol. The fraction of sp³-hybridized carbons (Fsp3) is 0.391. The van der Waals surface area contributed by atoms with Gasteiger partial charge < -0.3 is 10.2 Å². The van der Waals surface area contributed by atoms with Crippen molar-refractivity contribution in [3.8, 4) is 0 Å². The number of rotatable bonds is 9. The molecule has 0 saturated carbocycles. The van der Waals surface area contributed by atoms with Crippen LogP contribution >= 0.6 is 0 Å². The summed E-state index contributed by atoms with van der Waals surface area (Å²) in [4.78, 5) is 27.4. The van der Waals surface area contributed by atoms with Crippen molar-refractivity contribution >= 4 is 27.5 Å². The maximum Gasteiger partial charge on any atom is 0.244 e. The first-order chi connectivity index (χ1) is 14.5. The minimum Gasteiger partial charge on any atom is -0.352 e. The smallest absolute Gasteiger partial charge is 0.244 e. The molecule has 0 aliphatic carbocycles. The highest BCUT2D eigenvalue weighted by molar-refractivity contribution is 7.92. The molecule has 168 valence electrons. The molecule has 2 aromatic carbocycles. The standard InChI is InChI=1S/C23H31N3O4S/c1-17(2)24-23(28)19(4)25(15-20-11-7-6-8-12-20)22(27)16-26(31(5,29)30)21-13-9-10-18(3)14-21/h6-14,17,19H,15-16H2,1-5H3,(H,24,28). The van der Waals surface area contributed by atoms with Gasteiger partial charge in [-0.25, -0.2) is 8.42 Å². The van der Waals surface area contributed by atoms with Gasteiger partial charge in [-0.05, 0) is 51.0 Å². The molecule has 0 fully saturated rings. The Morgan fingerprint density at radius 1 is 1.00 bits per heavy atom. The van der Waals surface area contributed by atoms with E-state index in [-0.39, 0.29) is 18.5 Å². The lowest BCUT2D eigenvalue weighted by molar-refractivity contribution is -0.139. The molecule has 0 heterocycles. The molecule has 31 heavy (non-hydrogen) atoms. The highest BCUT2D eigenvalue weighted by atomic mass is 32.2. The van der Waals surface area contributed by atoms with Gasteiger partial charge in [0, 0.05) is 12.6 Å². The van der Waals surface area contributed by atoms with Gasteiger partial charge >= 0.3 is 0 Å². The van der Waals surface area contributed by atoms with Crippen LogP contribution in [-0.2, 0) is 26.2 Å². The van der Waals surface area contributed by atoms with E-state index in [0.717, 1.165) is 21.7 Å². The minimum atomic E-state index is -3.72. The van der Waals surface area contributed by atoms with Crippen molar-refractivity contribution in [3.63, 3.8) is 0 Å². The molecule has 7 nitrogen and oxygen atoms in total. The lowest BCUT2D eigenvalue weighted by atomic mass is 10.1. The topological polar surface area (TPSA) is 86.8 Å². The van der Waals surface area contributed by atoms with Gasteiger partial charge in [-0.2, -0.15) is 0 Å². The van der Waals surface area contributed by atoms with E-state index in [1.165, 1.54) is 4.90 Å². The number of sulfonamides is 1. The lowest BCUT2D eigenvalue weighted by Crippen LogP contribution is -2.52. The Balaban J connectivity index is 2.36. The van der Waals surface area contributed by atoms with Crippen LogP contribution in [-0.4, -0.2) is 50.0 Å². The fourth-order valence-corrected chi connectivity index (χ4v) is 4.01. The maximum atomic E-state index is 13.3. The van der Waals surface area contributed by atoms with Gasteiger partial charge in [-0.3, -0.25) is 13.9 Å². The van der Waals surface area contributed by atoms with Crippen LogP contribution in [0.1, 0.15) is 31.9 Å². The number of carbonyl (C=O) groups excluding carboxylic acids is 2. The molecule has 0 bridgehead atoms. The van der Waals surface area contributed by atoms with Gasteiger partial charge in [-0.15, -0.1) is 0 Å². The Labute approximate surface area is 185 Å². The number of nitrogens with zero attached hydrogens (tertiary/aromatic N) is 2. The van der Waals surface area contributed by atoms with E-state index in [1.807, 2.05) is 57.2 Å². The summed E-state index contributed by atoms with van der Waals surface area (Å²) in [6.45, 7) is 6.99. The van der Waals surface area contributed by atoms with E-state index in [1.54, 1.807) is 25.1 Å². The molecule has 1 N–H and O–H groups in total. The molecule has 2 rings (SSSR count). The average molecular weight is 446 g/mol. The normalized spacial score (nSPS) is 12.3. The number of aryl methyl sites for hydroxylation is 1. The Kier molecular flexibility index (Phi) is 8.21. The van der Waals surface area contributed by atoms with Crippen molar-refractivity contribution in [1.29, 1.82) is 0 Å². The zero-order valence-corrected chi connectivity index (χ0v) is 19.5.